The summed E-state index contributed by atoms with van der Waals surface area (Å²) < 4.78 is 38.5. The van der Waals surface area contributed by atoms with Gasteiger partial charge in [0.05, 0.1) is 0 Å². The van der Waals surface area contributed by atoms with Gasteiger partial charge in [-0.1, -0.05) is 6.92 Å². The third-order valence-electron chi connectivity index (χ3n) is 3.75. The Hall–Kier alpha value is -1.47. The third kappa shape index (κ3) is 3.16. The third-order valence-corrected chi connectivity index (χ3v) is 3.75. The summed E-state index contributed by atoms with van der Waals surface area (Å²) in [4.78, 5) is 24.1. The van der Waals surface area contributed by atoms with Crippen molar-refractivity contribution < 1.29 is 27.9 Å². The number of hydrogen-bond acceptors (Lipinski definition) is 2. The van der Waals surface area contributed by atoms with Crippen molar-refractivity contribution in [3.8, 4) is 0 Å². The molecular weight excluding hydrogens is 277 g/mol. The molecule has 3 unspecified atom stereocenters. The first-order valence-electron chi connectivity index (χ1n) is 6.38. The fourth-order valence-electron chi connectivity index (χ4n) is 2.24. The second-order valence-electron chi connectivity index (χ2n) is 5.53. The number of urea groups is 1. The number of carboxylic acids is 1. The van der Waals surface area contributed by atoms with E-state index in [2.05, 4.69) is 0 Å². The number of amides is 2. The molecule has 2 N–H and O–H groups in total. The van der Waals surface area contributed by atoms with Crippen LogP contribution in [-0.4, -0.2) is 46.3 Å². The highest BCUT2D eigenvalue weighted by atomic mass is 19.4. The van der Waals surface area contributed by atoms with E-state index in [1.165, 1.54) is 4.90 Å². The number of carbonyl (C=O) groups is 2. The van der Waals surface area contributed by atoms with Gasteiger partial charge in [0.2, 0.25) is 5.54 Å². The molecule has 8 heteroatoms. The van der Waals surface area contributed by atoms with E-state index in [1.54, 1.807) is 12.2 Å². The smallest absolute Gasteiger partial charge is 0.422 e. The Morgan fingerprint density at radius 3 is 2.25 bits per heavy atom. The molecule has 1 heterocycles. The van der Waals surface area contributed by atoms with Crippen molar-refractivity contribution in [1.29, 1.82) is 0 Å². The molecular formula is C12H19F3N2O3. The monoisotopic (exact) mass is 296 g/mol. The number of aliphatic carboxylic acids is 1. The SMILES string of the molecule is CC1CCN(C(=O)NC(C)(C(=O)O)C(F)(F)F)C(C)C1. The van der Waals surface area contributed by atoms with E-state index in [1.807, 2.05) is 6.92 Å². The highest BCUT2D eigenvalue weighted by molar-refractivity contribution is 5.87. The van der Waals surface area contributed by atoms with E-state index in [0.717, 1.165) is 0 Å². The maximum absolute atomic E-state index is 12.8. The molecule has 1 fully saturated rings. The maximum Gasteiger partial charge on any atom is 0.422 e. The van der Waals surface area contributed by atoms with Crippen molar-refractivity contribution >= 4 is 12.0 Å². The lowest BCUT2D eigenvalue weighted by Gasteiger charge is -2.39. The van der Waals surface area contributed by atoms with Gasteiger partial charge in [0, 0.05) is 12.6 Å². The summed E-state index contributed by atoms with van der Waals surface area (Å²) in [5, 5.41) is 10.4. The molecule has 0 aromatic heterocycles. The minimum Gasteiger partial charge on any atom is -0.479 e. The van der Waals surface area contributed by atoms with Crippen molar-refractivity contribution in [2.24, 2.45) is 5.92 Å². The van der Waals surface area contributed by atoms with Crippen LogP contribution in [0.4, 0.5) is 18.0 Å². The maximum atomic E-state index is 12.8. The van der Waals surface area contributed by atoms with Crippen LogP contribution in [0.5, 0.6) is 0 Å². The van der Waals surface area contributed by atoms with Gasteiger partial charge in [0.15, 0.2) is 0 Å². The Kier molecular flexibility index (Phi) is 4.55. The second kappa shape index (κ2) is 5.49. The van der Waals surface area contributed by atoms with Crippen LogP contribution in [0.15, 0.2) is 0 Å². The first kappa shape index (κ1) is 16.6. The number of nitrogens with one attached hydrogen (secondary N) is 1. The van der Waals surface area contributed by atoms with Crippen molar-refractivity contribution in [2.75, 3.05) is 6.54 Å². The molecule has 3 atom stereocenters. The zero-order chi connectivity index (χ0) is 15.7. The molecule has 1 aliphatic heterocycles. The van der Waals surface area contributed by atoms with Gasteiger partial charge in [-0.05, 0) is 32.6 Å². The molecule has 2 amide bonds. The Morgan fingerprint density at radius 2 is 1.85 bits per heavy atom. The highest BCUT2D eigenvalue weighted by Crippen LogP contribution is 2.31. The number of nitrogens with zero attached hydrogens (tertiary/aromatic N) is 1. The van der Waals surface area contributed by atoms with E-state index in [4.69, 9.17) is 5.11 Å². The fraction of sp³-hybridized carbons (Fsp3) is 0.833. The molecule has 0 radical (unpaired) electrons. The van der Waals surface area contributed by atoms with E-state index in [-0.39, 0.29) is 6.04 Å². The van der Waals surface area contributed by atoms with Crippen molar-refractivity contribution in [2.45, 2.75) is 51.4 Å². The summed E-state index contributed by atoms with van der Waals surface area (Å²) in [5.74, 6) is -1.74. The lowest BCUT2D eigenvalue weighted by molar-refractivity contribution is -0.203. The topological polar surface area (TPSA) is 69.6 Å². The van der Waals surface area contributed by atoms with Gasteiger partial charge in [0.1, 0.15) is 0 Å². The summed E-state index contributed by atoms with van der Waals surface area (Å²) in [6, 6.07) is -1.21. The number of alkyl halides is 3. The van der Waals surface area contributed by atoms with Crippen molar-refractivity contribution in [3.05, 3.63) is 0 Å². The number of halogens is 3. The number of carboxylic acid groups (broad SMARTS) is 1. The molecule has 0 bridgehead atoms. The zero-order valence-corrected chi connectivity index (χ0v) is 11.6. The summed E-state index contributed by atoms with van der Waals surface area (Å²) in [6.45, 7) is 4.51. The van der Waals surface area contributed by atoms with Gasteiger partial charge >= 0.3 is 18.2 Å². The molecule has 1 aliphatic rings. The van der Waals surface area contributed by atoms with Crippen LogP contribution in [-0.2, 0) is 4.79 Å². The van der Waals surface area contributed by atoms with Gasteiger partial charge in [-0.15, -0.1) is 0 Å². The van der Waals surface area contributed by atoms with Crippen LogP contribution < -0.4 is 5.32 Å². The number of piperidine rings is 1. The molecule has 0 aromatic carbocycles. The first-order chi connectivity index (χ1) is 8.99. The van der Waals surface area contributed by atoms with Crippen molar-refractivity contribution in [1.82, 2.24) is 10.2 Å². The molecule has 5 nitrogen and oxygen atoms in total. The number of hydrogen-bond donors (Lipinski definition) is 2. The summed E-state index contributed by atoms with van der Waals surface area (Å²) in [7, 11) is 0. The van der Waals surface area contributed by atoms with E-state index >= 15 is 0 Å². The normalized spacial score (nSPS) is 26.8. The summed E-state index contributed by atoms with van der Waals surface area (Å²) in [6.07, 6.45) is -3.70. The Balaban J connectivity index is 2.85. The molecule has 0 aromatic rings. The standard InChI is InChI=1S/C12H19F3N2O3/c1-7-4-5-17(8(2)6-7)10(20)16-11(3,9(18)19)12(13,14)15/h7-8H,4-6H2,1-3H3,(H,16,20)(H,18,19). The second-order valence-corrected chi connectivity index (χ2v) is 5.53. The predicted molar refractivity (Wildman–Crippen MR) is 65.2 cm³/mol. The minimum atomic E-state index is -5.07. The van der Waals surface area contributed by atoms with E-state index in [9.17, 15) is 22.8 Å². The van der Waals surface area contributed by atoms with E-state index < -0.39 is 23.7 Å². The largest absolute Gasteiger partial charge is 0.479 e. The lowest BCUT2D eigenvalue weighted by atomic mass is 9.93. The molecule has 1 saturated heterocycles. The van der Waals surface area contributed by atoms with Crippen LogP contribution in [0, 0.1) is 5.92 Å². The average molecular weight is 296 g/mol. The molecule has 20 heavy (non-hydrogen) atoms. The summed E-state index contributed by atoms with van der Waals surface area (Å²) >= 11 is 0. The fourth-order valence-corrected chi connectivity index (χ4v) is 2.24. The molecule has 0 aliphatic carbocycles. The zero-order valence-electron chi connectivity index (χ0n) is 11.6. The van der Waals surface area contributed by atoms with Gasteiger partial charge in [-0.2, -0.15) is 13.2 Å². The Bertz CT molecular complexity index is 400. The molecule has 1 rings (SSSR count). The van der Waals surface area contributed by atoms with Crippen LogP contribution in [0.3, 0.4) is 0 Å². The molecule has 0 spiro atoms. The average Bonchev–Trinajstić information content (AvgIpc) is 2.26. The molecule has 116 valence electrons. The van der Waals surface area contributed by atoms with Gasteiger partial charge in [-0.25, -0.2) is 9.59 Å². The van der Waals surface area contributed by atoms with Gasteiger partial charge < -0.3 is 15.3 Å². The first-order valence-corrected chi connectivity index (χ1v) is 6.38. The van der Waals surface area contributed by atoms with Crippen LogP contribution in [0.2, 0.25) is 0 Å². The Morgan fingerprint density at radius 1 is 1.30 bits per heavy atom. The quantitative estimate of drug-likeness (QED) is 0.821. The van der Waals surface area contributed by atoms with Crippen molar-refractivity contribution in [3.63, 3.8) is 0 Å². The molecule has 0 saturated carbocycles. The lowest BCUT2D eigenvalue weighted by Crippen LogP contribution is -2.65. The number of rotatable bonds is 2. The van der Waals surface area contributed by atoms with E-state index in [0.29, 0.717) is 32.2 Å². The Labute approximate surface area is 115 Å². The van der Waals surface area contributed by atoms with Gasteiger partial charge in [-0.3, -0.25) is 0 Å². The summed E-state index contributed by atoms with van der Waals surface area (Å²) in [5.41, 5.74) is -3.28. The van der Waals surface area contributed by atoms with Crippen LogP contribution in [0.25, 0.3) is 0 Å². The van der Waals surface area contributed by atoms with Crippen LogP contribution in [0.1, 0.15) is 33.6 Å². The predicted octanol–water partition coefficient (Wildman–Crippen LogP) is 2.22. The minimum absolute atomic E-state index is 0.218. The number of likely N-dealkylation sites (tertiary alicyclic amines) is 1. The number of carbonyl (C=O) groups excluding carboxylic acids is 1. The van der Waals surface area contributed by atoms with Gasteiger partial charge in [0.25, 0.3) is 0 Å². The highest BCUT2D eigenvalue weighted by Gasteiger charge is 2.59. The van der Waals surface area contributed by atoms with Crippen LogP contribution >= 0.6 is 0 Å².